The molecule has 0 heterocycles. The third kappa shape index (κ3) is 20.5. The zero-order valence-electron chi connectivity index (χ0n) is 20.9. The van der Waals surface area contributed by atoms with Crippen molar-refractivity contribution >= 4 is 5.91 Å². The molecule has 4 nitrogen and oxygen atoms in total. The first-order valence-electron chi connectivity index (χ1n) is 13.2. The van der Waals surface area contributed by atoms with Gasteiger partial charge in [0.15, 0.2) is 0 Å². The molecular weight excluding hydrogens is 398 g/mol. The van der Waals surface area contributed by atoms with Crippen molar-refractivity contribution in [2.45, 2.75) is 129 Å². The summed E-state index contributed by atoms with van der Waals surface area (Å²) in [5.41, 5.74) is 0. The van der Waals surface area contributed by atoms with E-state index in [9.17, 15) is 15.0 Å². The van der Waals surface area contributed by atoms with Crippen LogP contribution in [0.5, 0.6) is 0 Å². The molecule has 1 amide bonds. The van der Waals surface area contributed by atoms with Crippen LogP contribution in [0.1, 0.15) is 117 Å². The topological polar surface area (TPSA) is 69.6 Å². The Bertz CT molecular complexity index is 499. The number of nitrogens with one attached hydrogen (secondary N) is 1. The Labute approximate surface area is 198 Å². The van der Waals surface area contributed by atoms with Crippen LogP contribution in [0.25, 0.3) is 0 Å². The van der Waals surface area contributed by atoms with E-state index >= 15 is 0 Å². The van der Waals surface area contributed by atoms with Crippen LogP contribution in [-0.4, -0.2) is 34.9 Å². The van der Waals surface area contributed by atoms with Gasteiger partial charge in [0.2, 0.25) is 5.91 Å². The lowest BCUT2D eigenvalue weighted by molar-refractivity contribution is -0.123. The maximum atomic E-state index is 11.9. The van der Waals surface area contributed by atoms with Gasteiger partial charge in [0.1, 0.15) is 0 Å². The van der Waals surface area contributed by atoms with Crippen molar-refractivity contribution in [3.05, 3.63) is 36.5 Å². The molecule has 2 atom stereocenters. The van der Waals surface area contributed by atoms with E-state index in [-0.39, 0.29) is 12.5 Å². The van der Waals surface area contributed by atoms with Crippen LogP contribution < -0.4 is 5.32 Å². The minimum atomic E-state index is -0.861. The molecule has 4 heteroatoms. The summed E-state index contributed by atoms with van der Waals surface area (Å²) in [4.78, 5) is 11.9. The van der Waals surface area contributed by atoms with Gasteiger partial charge in [0.05, 0.1) is 18.8 Å². The Balaban J connectivity index is 3.78. The highest BCUT2D eigenvalue weighted by Crippen LogP contribution is 2.08. The van der Waals surface area contributed by atoms with E-state index in [0.717, 1.165) is 51.4 Å². The van der Waals surface area contributed by atoms with Crippen molar-refractivity contribution in [2.24, 2.45) is 0 Å². The van der Waals surface area contributed by atoms with E-state index in [1.165, 1.54) is 44.9 Å². The number of aliphatic hydroxyl groups is 2. The number of unbranched alkanes of at least 4 members (excludes halogenated alkanes) is 11. The van der Waals surface area contributed by atoms with E-state index in [1.54, 1.807) is 6.08 Å². The normalized spacial score (nSPS) is 14.0. The molecule has 0 aliphatic heterocycles. The van der Waals surface area contributed by atoms with Crippen molar-refractivity contribution in [1.29, 1.82) is 0 Å². The van der Waals surface area contributed by atoms with Gasteiger partial charge in [-0.25, -0.2) is 0 Å². The zero-order chi connectivity index (χ0) is 23.7. The van der Waals surface area contributed by atoms with Crippen LogP contribution in [0.15, 0.2) is 36.5 Å². The SMILES string of the molecule is CCCCCCCC/C=C/CC/C=C/CC/C=C/C(O)C(CO)NC(=O)CCCCCC. The summed E-state index contributed by atoms with van der Waals surface area (Å²) in [6.07, 6.45) is 29.6. The lowest BCUT2D eigenvalue weighted by atomic mass is 10.1. The predicted octanol–water partition coefficient (Wildman–Crippen LogP) is 6.77. The Hall–Kier alpha value is -1.39. The average molecular weight is 450 g/mol. The molecule has 0 aliphatic rings. The third-order valence-corrected chi connectivity index (χ3v) is 5.60. The van der Waals surface area contributed by atoms with Gasteiger partial charge in [-0.1, -0.05) is 102 Å². The Morgan fingerprint density at radius 2 is 1.22 bits per heavy atom. The van der Waals surface area contributed by atoms with Gasteiger partial charge in [-0.3, -0.25) is 4.79 Å². The van der Waals surface area contributed by atoms with Gasteiger partial charge in [-0.2, -0.15) is 0 Å². The third-order valence-electron chi connectivity index (χ3n) is 5.60. The van der Waals surface area contributed by atoms with Gasteiger partial charge < -0.3 is 15.5 Å². The van der Waals surface area contributed by atoms with E-state index in [1.807, 2.05) is 6.08 Å². The summed E-state index contributed by atoms with van der Waals surface area (Å²) < 4.78 is 0. The number of allylic oxidation sites excluding steroid dienone is 5. The molecule has 3 N–H and O–H groups in total. The fourth-order valence-electron chi connectivity index (χ4n) is 3.50. The number of hydrogen-bond donors (Lipinski definition) is 3. The maximum absolute atomic E-state index is 11.9. The highest BCUT2D eigenvalue weighted by molar-refractivity contribution is 5.76. The van der Waals surface area contributed by atoms with E-state index in [2.05, 4.69) is 43.5 Å². The van der Waals surface area contributed by atoms with Crippen LogP contribution in [0.4, 0.5) is 0 Å². The van der Waals surface area contributed by atoms with Crippen molar-refractivity contribution < 1.29 is 15.0 Å². The largest absolute Gasteiger partial charge is 0.394 e. The summed E-state index contributed by atoms with van der Waals surface area (Å²) >= 11 is 0. The molecular formula is C28H51NO3. The molecule has 2 unspecified atom stereocenters. The molecule has 0 spiro atoms. The van der Waals surface area contributed by atoms with Crippen LogP contribution in [0.2, 0.25) is 0 Å². The van der Waals surface area contributed by atoms with Crippen LogP contribution in [-0.2, 0) is 4.79 Å². The highest BCUT2D eigenvalue weighted by Gasteiger charge is 2.17. The average Bonchev–Trinajstić information content (AvgIpc) is 2.79. The highest BCUT2D eigenvalue weighted by atomic mass is 16.3. The molecule has 0 fully saturated rings. The fourth-order valence-corrected chi connectivity index (χ4v) is 3.50. The van der Waals surface area contributed by atoms with Crippen molar-refractivity contribution in [3.63, 3.8) is 0 Å². The molecule has 0 rings (SSSR count). The molecule has 0 bridgehead atoms. The second kappa shape index (κ2) is 24.3. The number of hydrogen-bond acceptors (Lipinski definition) is 3. The smallest absolute Gasteiger partial charge is 0.220 e. The molecule has 0 radical (unpaired) electrons. The van der Waals surface area contributed by atoms with Crippen molar-refractivity contribution in [2.75, 3.05) is 6.61 Å². The monoisotopic (exact) mass is 449 g/mol. The lowest BCUT2D eigenvalue weighted by Crippen LogP contribution is -2.45. The van der Waals surface area contributed by atoms with E-state index in [4.69, 9.17) is 0 Å². The van der Waals surface area contributed by atoms with Crippen molar-refractivity contribution in [1.82, 2.24) is 5.32 Å². The summed E-state index contributed by atoms with van der Waals surface area (Å²) in [6, 6.07) is -0.636. The van der Waals surface area contributed by atoms with Gasteiger partial charge >= 0.3 is 0 Å². The standard InChI is InChI=1S/C28H51NO3/c1-3-5-7-9-10-11-12-13-14-15-16-17-18-19-20-21-23-27(31)26(25-30)29-28(32)24-22-8-6-4-2/h13-14,17-18,21,23,26-27,30-31H,3-12,15-16,19-20,22,24-25H2,1-2H3,(H,29,32)/b14-13+,18-17+,23-21+. The minimum absolute atomic E-state index is 0.100. The van der Waals surface area contributed by atoms with Crippen LogP contribution >= 0.6 is 0 Å². The number of carbonyl (C=O) groups excluding carboxylic acids is 1. The Kier molecular flexibility index (Phi) is 23.2. The lowest BCUT2D eigenvalue weighted by Gasteiger charge is -2.19. The molecule has 0 aliphatic carbocycles. The number of carbonyl (C=O) groups is 1. The minimum Gasteiger partial charge on any atom is -0.394 e. The second-order valence-electron chi connectivity index (χ2n) is 8.74. The van der Waals surface area contributed by atoms with Gasteiger partial charge in [-0.15, -0.1) is 0 Å². The maximum Gasteiger partial charge on any atom is 0.220 e. The first kappa shape index (κ1) is 30.6. The summed E-state index contributed by atoms with van der Waals surface area (Å²) in [5, 5.41) is 22.4. The quantitative estimate of drug-likeness (QED) is 0.126. The number of rotatable bonds is 22. The summed E-state index contributed by atoms with van der Waals surface area (Å²) in [5.74, 6) is -0.100. The second-order valence-corrected chi connectivity index (χ2v) is 8.74. The van der Waals surface area contributed by atoms with Gasteiger partial charge in [0, 0.05) is 6.42 Å². The molecule has 0 saturated heterocycles. The summed E-state index contributed by atoms with van der Waals surface area (Å²) in [6.45, 7) is 4.13. The molecule has 0 aromatic carbocycles. The molecule has 32 heavy (non-hydrogen) atoms. The van der Waals surface area contributed by atoms with Crippen molar-refractivity contribution in [3.8, 4) is 0 Å². The molecule has 186 valence electrons. The first-order valence-corrected chi connectivity index (χ1v) is 13.2. The summed E-state index contributed by atoms with van der Waals surface area (Å²) in [7, 11) is 0. The van der Waals surface area contributed by atoms with Gasteiger partial charge in [-0.05, 0) is 44.9 Å². The molecule has 0 aromatic heterocycles. The predicted molar refractivity (Wildman–Crippen MR) is 138 cm³/mol. The van der Waals surface area contributed by atoms with E-state index < -0.39 is 12.1 Å². The number of aliphatic hydroxyl groups excluding tert-OH is 2. The Morgan fingerprint density at radius 3 is 1.81 bits per heavy atom. The molecule has 0 saturated carbocycles. The first-order chi connectivity index (χ1) is 15.7. The van der Waals surface area contributed by atoms with Crippen LogP contribution in [0.3, 0.4) is 0 Å². The Morgan fingerprint density at radius 1 is 0.719 bits per heavy atom. The van der Waals surface area contributed by atoms with E-state index in [0.29, 0.717) is 6.42 Å². The zero-order valence-corrected chi connectivity index (χ0v) is 20.9. The molecule has 0 aromatic rings. The fraction of sp³-hybridized carbons (Fsp3) is 0.750. The number of amides is 1. The van der Waals surface area contributed by atoms with Crippen LogP contribution in [0, 0.1) is 0 Å². The van der Waals surface area contributed by atoms with Gasteiger partial charge in [0.25, 0.3) is 0 Å².